The molecule has 9 nitrogen and oxygen atoms in total. The van der Waals surface area contributed by atoms with E-state index in [0.717, 1.165) is 22.9 Å². The number of nitrogens with one attached hydrogen (secondary N) is 1. The Bertz CT molecular complexity index is 1540. The molecule has 1 unspecified atom stereocenters. The maximum absolute atomic E-state index is 13.2. The number of nitrogen functional groups attached to an aromatic ring is 1. The number of aromatic hydroxyl groups is 1. The van der Waals surface area contributed by atoms with Gasteiger partial charge < -0.3 is 26.4 Å². The number of pyridine rings is 1. The fourth-order valence-electron chi connectivity index (χ4n) is 3.33. The zero-order valence-electron chi connectivity index (χ0n) is 21.7. The summed E-state index contributed by atoms with van der Waals surface area (Å²) in [5.74, 6) is -0.673. The number of anilines is 3. The molecule has 1 atom stereocenters. The monoisotopic (exact) mass is 578 g/mol. The van der Waals surface area contributed by atoms with Crippen LogP contribution in [0.4, 0.5) is 21.0 Å². The zero-order valence-corrected chi connectivity index (χ0v) is 23.4. The average Bonchev–Trinajstić information content (AvgIpc) is 3.41. The molecule has 0 aliphatic heterocycles. The predicted octanol–water partition coefficient (Wildman–Crippen LogP) is 5.47. The Balaban J connectivity index is 0.000000663. The molecule has 0 aliphatic rings. The van der Waals surface area contributed by atoms with Crippen molar-refractivity contribution in [3.63, 3.8) is 0 Å². The number of thioether (sulfide) groups is 1. The van der Waals surface area contributed by atoms with Gasteiger partial charge in [0, 0.05) is 28.5 Å². The van der Waals surface area contributed by atoms with Crippen molar-refractivity contribution < 1.29 is 19.7 Å². The molecule has 0 amide bonds. The number of nitrogens with zero attached hydrogens (tertiary/aromatic N) is 4. The maximum atomic E-state index is 13.2. The van der Waals surface area contributed by atoms with Gasteiger partial charge in [-0.05, 0) is 31.0 Å². The molecule has 2 aromatic heterocycles. The Labute approximate surface area is 239 Å². The third kappa shape index (κ3) is 7.68. The minimum absolute atomic E-state index is 0.0660. The third-order valence-corrected chi connectivity index (χ3v) is 7.36. The number of thiazole rings is 1. The molecule has 0 bridgehead atoms. The third-order valence-electron chi connectivity index (χ3n) is 5.54. The predicted molar refractivity (Wildman–Crippen MR) is 155 cm³/mol. The molecule has 0 fully saturated rings. The van der Waals surface area contributed by atoms with E-state index >= 15 is 0 Å². The first-order valence-electron chi connectivity index (χ1n) is 12.0. The van der Waals surface area contributed by atoms with Gasteiger partial charge in [-0.3, -0.25) is 0 Å². The summed E-state index contributed by atoms with van der Waals surface area (Å²) in [7, 11) is 0. The van der Waals surface area contributed by atoms with Gasteiger partial charge in [-0.2, -0.15) is 10.5 Å². The topological polar surface area (TPSA) is 172 Å². The number of nitrogens with two attached hydrogens (primary N) is 1. The minimum Gasteiger partial charge on any atom is -0.505 e. The van der Waals surface area contributed by atoms with Crippen molar-refractivity contribution in [2.24, 2.45) is 0 Å². The summed E-state index contributed by atoms with van der Waals surface area (Å²) in [6.45, 7) is 3.66. The van der Waals surface area contributed by atoms with Gasteiger partial charge in [-0.15, -0.1) is 11.3 Å². The molecule has 12 heteroatoms. The van der Waals surface area contributed by atoms with Gasteiger partial charge in [0.15, 0.2) is 16.7 Å². The average molecular weight is 579 g/mol. The van der Waals surface area contributed by atoms with Crippen LogP contribution in [0, 0.1) is 35.4 Å². The van der Waals surface area contributed by atoms with Crippen LogP contribution in [0.1, 0.15) is 35.7 Å². The normalized spacial score (nSPS) is 11.1. The number of nitriles is 2. The molecule has 0 saturated carbocycles. The Morgan fingerprint density at radius 2 is 1.82 bits per heavy atom. The van der Waals surface area contributed by atoms with Crippen LogP contribution in [0.15, 0.2) is 52.9 Å². The maximum Gasteiger partial charge on any atom is 0.187 e. The Kier molecular flexibility index (Phi) is 10.8. The van der Waals surface area contributed by atoms with Crippen LogP contribution in [0.25, 0.3) is 11.1 Å². The second-order valence-corrected chi connectivity index (χ2v) is 10.3. The number of rotatable bonds is 8. The van der Waals surface area contributed by atoms with Crippen LogP contribution in [0.5, 0.6) is 5.75 Å². The van der Waals surface area contributed by atoms with E-state index in [1.54, 1.807) is 0 Å². The lowest BCUT2D eigenvalue weighted by Crippen LogP contribution is -2.08. The minimum atomic E-state index is -0.700. The molecule has 2 aromatic carbocycles. The molecular weight excluding hydrogens is 551 g/mol. The Hall–Kier alpha value is -4.20. The van der Waals surface area contributed by atoms with Crippen molar-refractivity contribution in [2.45, 2.75) is 37.2 Å². The van der Waals surface area contributed by atoms with Crippen LogP contribution in [0.2, 0.25) is 0 Å². The molecule has 206 valence electrons. The summed E-state index contributed by atoms with van der Waals surface area (Å²) in [6.07, 6.45) is 0.126. The summed E-state index contributed by atoms with van der Waals surface area (Å²) in [5, 5.41) is 51.4. The van der Waals surface area contributed by atoms with Crippen molar-refractivity contribution >= 4 is 39.7 Å². The standard InChI is InChI=1S/C24H17FN6OS2.C4H10O2/c1-13-2-4-14(5-3-13)21-17(9-26)22(28)31-23(18(21)10-27)33-11-16-12-34-24(30-16)29-15-6-7-19(25)20(32)8-15;1-2-4(6)3-5/h2-8,12,32H,11H2,1H3,(H2,28,31)(H,29,30);4-6H,2-3H2,1H3. The molecule has 0 aliphatic carbocycles. The Morgan fingerprint density at radius 3 is 2.40 bits per heavy atom. The van der Waals surface area contributed by atoms with Crippen molar-refractivity contribution in [2.75, 3.05) is 17.7 Å². The molecule has 0 radical (unpaired) electrons. The van der Waals surface area contributed by atoms with Crippen LogP contribution < -0.4 is 11.1 Å². The molecule has 4 aromatic rings. The van der Waals surface area contributed by atoms with Gasteiger partial charge in [0.05, 0.1) is 24.0 Å². The summed E-state index contributed by atoms with van der Waals surface area (Å²) in [6, 6.07) is 15.7. The number of hydrogen-bond donors (Lipinski definition) is 5. The lowest BCUT2D eigenvalue weighted by Gasteiger charge is -2.13. The highest BCUT2D eigenvalue weighted by Gasteiger charge is 2.21. The number of phenols is 1. The first-order chi connectivity index (χ1) is 19.2. The van der Waals surface area contributed by atoms with E-state index in [-0.39, 0.29) is 23.6 Å². The highest BCUT2D eigenvalue weighted by Crippen LogP contribution is 2.37. The molecule has 4 rings (SSSR count). The summed E-state index contributed by atoms with van der Waals surface area (Å²) < 4.78 is 13.2. The molecule has 0 saturated heterocycles. The fourth-order valence-corrected chi connectivity index (χ4v) is 5.05. The van der Waals surface area contributed by atoms with E-state index in [0.29, 0.717) is 33.6 Å². The second kappa shape index (κ2) is 14.3. The quantitative estimate of drug-likeness (QED) is 0.169. The van der Waals surface area contributed by atoms with E-state index in [4.69, 9.17) is 15.9 Å². The van der Waals surface area contributed by atoms with E-state index in [2.05, 4.69) is 27.4 Å². The van der Waals surface area contributed by atoms with Gasteiger partial charge in [-0.1, -0.05) is 48.5 Å². The lowest BCUT2D eigenvalue weighted by atomic mass is 9.96. The van der Waals surface area contributed by atoms with E-state index < -0.39 is 17.7 Å². The number of hydrogen-bond acceptors (Lipinski definition) is 11. The van der Waals surface area contributed by atoms with Crippen molar-refractivity contribution in [3.05, 3.63) is 76.0 Å². The van der Waals surface area contributed by atoms with E-state index in [9.17, 15) is 20.0 Å². The number of aliphatic hydroxyl groups excluding tert-OH is 2. The highest BCUT2D eigenvalue weighted by atomic mass is 32.2. The molecule has 40 heavy (non-hydrogen) atoms. The number of benzene rings is 2. The SMILES string of the molecule is CCC(O)CO.Cc1ccc(-c2c(C#N)c(N)nc(SCc3csc(Nc4ccc(F)c(O)c4)n3)c2C#N)cc1. The second-order valence-electron chi connectivity index (χ2n) is 8.49. The molecular formula is C28H27FN6O3S2. The largest absolute Gasteiger partial charge is 0.505 e. The summed E-state index contributed by atoms with van der Waals surface area (Å²) >= 11 is 2.64. The highest BCUT2D eigenvalue weighted by molar-refractivity contribution is 7.98. The smallest absolute Gasteiger partial charge is 0.187 e. The Morgan fingerprint density at radius 1 is 1.12 bits per heavy atom. The molecule has 0 spiro atoms. The van der Waals surface area contributed by atoms with Crippen LogP contribution in [-0.2, 0) is 5.75 Å². The number of halogens is 1. The van der Waals surface area contributed by atoms with E-state index in [1.165, 1.54) is 35.2 Å². The summed E-state index contributed by atoms with van der Waals surface area (Å²) in [5.41, 5.74) is 10.0. The fraction of sp³-hybridized carbons (Fsp3) is 0.214. The number of aliphatic hydroxyl groups is 2. The number of aryl methyl sites for hydroxylation is 1. The van der Waals surface area contributed by atoms with Gasteiger partial charge in [0.25, 0.3) is 0 Å². The van der Waals surface area contributed by atoms with Gasteiger partial charge in [-0.25, -0.2) is 14.4 Å². The van der Waals surface area contributed by atoms with Crippen molar-refractivity contribution in [1.82, 2.24) is 9.97 Å². The lowest BCUT2D eigenvalue weighted by molar-refractivity contribution is 0.0923. The van der Waals surface area contributed by atoms with Crippen LogP contribution in [-0.4, -0.2) is 38.0 Å². The van der Waals surface area contributed by atoms with Crippen molar-refractivity contribution in [3.8, 4) is 29.0 Å². The van der Waals surface area contributed by atoms with Crippen LogP contribution in [0.3, 0.4) is 0 Å². The van der Waals surface area contributed by atoms with E-state index in [1.807, 2.05) is 43.5 Å². The molecule has 2 heterocycles. The van der Waals surface area contributed by atoms with Gasteiger partial charge >= 0.3 is 0 Å². The van der Waals surface area contributed by atoms with Crippen LogP contribution >= 0.6 is 23.1 Å². The number of aromatic nitrogens is 2. The zero-order chi connectivity index (χ0) is 29.2. The molecule has 6 N–H and O–H groups in total. The van der Waals surface area contributed by atoms with Gasteiger partial charge in [0.2, 0.25) is 0 Å². The number of phenolic OH excluding ortho intramolecular Hbond substituents is 1. The van der Waals surface area contributed by atoms with Crippen molar-refractivity contribution in [1.29, 1.82) is 10.5 Å². The first kappa shape index (κ1) is 30.3. The van der Waals surface area contributed by atoms with Gasteiger partial charge in [0.1, 0.15) is 28.5 Å². The summed E-state index contributed by atoms with van der Waals surface area (Å²) in [4.78, 5) is 8.81. The first-order valence-corrected chi connectivity index (χ1v) is 13.9.